The maximum Gasteiger partial charge on any atom is 0.416 e. The second kappa shape index (κ2) is 5.58. The average Bonchev–Trinajstić information content (AvgIpc) is 2.45. The van der Waals surface area contributed by atoms with Crippen molar-refractivity contribution in [3.05, 3.63) is 53.6 Å². The van der Waals surface area contributed by atoms with E-state index < -0.39 is 11.7 Å². The molecule has 0 bridgehead atoms. The van der Waals surface area contributed by atoms with Gasteiger partial charge >= 0.3 is 6.18 Å². The van der Waals surface area contributed by atoms with E-state index in [4.69, 9.17) is 10.5 Å². The summed E-state index contributed by atoms with van der Waals surface area (Å²) in [4.78, 5) is 0. The summed E-state index contributed by atoms with van der Waals surface area (Å²) in [5.41, 5.74) is 7.01. The highest BCUT2D eigenvalue weighted by Crippen LogP contribution is 2.44. The molecule has 0 spiro atoms. The minimum absolute atomic E-state index is 0. The minimum atomic E-state index is -4.37. The molecular weight excluding hydrogens is 303 g/mol. The molecular formula is C15H13ClF3NO. The SMILES string of the molecule is Cl.NCC1Oc2ccc(C(F)(F)F)cc2-c2ccccc21. The summed E-state index contributed by atoms with van der Waals surface area (Å²) in [7, 11) is 0. The van der Waals surface area contributed by atoms with Crippen molar-refractivity contribution in [2.45, 2.75) is 12.3 Å². The van der Waals surface area contributed by atoms with E-state index >= 15 is 0 Å². The summed E-state index contributed by atoms with van der Waals surface area (Å²) in [5.74, 6) is 0.437. The van der Waals surface area contributed by atoms with Gasteiger partial charge in [0.2, 0.25) is 0 Å². The third-order valence-corrected chi connectivity index (χ3v) is 3.39. The summed E-state index contributed by atoms with van der Waals surface area (Å²) >= 11 is 0. The topological polar surface area (TPSA) is 35.2 Å². The van der Waals surface area contributed by atoms with Gasteiger partial charge in [0.15, 0.2) is 0 Å². The summed E-state index contributed by atoms with van der Waals surface area (Å²) < 4.78 is 44.1. The number of rotatable bonds is 1. The highest BCUT2D eigenvalue weighted by molar-refractivity contribution is 5.85. The molecule has 112 valence electrons. The number of fused-ring (bicyclic) bond motifs is 3. The Morgan fingerprint density at radius 3 is 2.43 bits per heavy atom. The molecule has 1 aliphatic heterocycles. The van der Waals surface area contributed by atoms with Gasteiger partial charge in [0, 0.05) is 17.7 Å². The Hall–Kier alpha value is -1.72. The van der Waals surface area contributed by atoms with Gasteiger partial charge < -0.3 is 10.5 Å². The van der Waals surface area contributed by atoms with Gasteiger partial charge in [-0.2, -0.15) is 13.2 Å². The quantitative estimate of drug-likeness (QED) is 0.856. The van der Waals surface area contributed by atoms with Crippen LogP contribution in [0.15, 0.2) is 42.5 Å². The van der Waals surface area contributed by atoms with Gasteiger partial charge in [0.1, 0.15) is 11.9 Å². The van der Waals surface area contributed by atoms with E-state index in [1.807, 2.05) is 12.1 Å². The van der Waals surface area contributed by atoms with E-state index in [1.54, 1.807) is 12.1 Å². The molecule has 1 unspecified atom stereocenters. The first-order chi connectivity index (χ1) is 9.50. The molecule has 0 radical (unpaired) electrons. The summed E-state index contributed by atoms with van der Waals surface area (Å²) in [5, 5.41) is 0. The molecule has 1 aliphatic rings. The smallest absolute Gasteiger partial charge is 0.416 e. The molecule has 21 heavy (non-hydrogen) atoms. The Morgan fingerprint density at radius 1 is 1.05 bits per heavy atom. The number of alkyl halides is 3. The van der Waals surface area contributed by atoms with Crippen LogP contribution in [-0.4, -0.2) is 6.54 Å². The van der Waals surface area contributed by atoms with Crippen LogP contribution in [0.2, 0.25) is 0 Å². The van der Waals surface area contributed by atoms with Crippen molar-refractivity contribution in [2.75, 3.05) is 6.54 Å². The summed E-state index contributed by atoms with van der Waals surface area (Å²) in [6, 6.07) is 10.7. The fourth-order valence-electron chi connectivity index (χ4n) is 2.43. The molecule has 0 fully saturated rings. The van der Waals surface area contributed by atoms with Gasteiger partial charge in [-0.25, -0.2) is 0 Å². The minimum Gasteiger partial charge on any atom is -0.484 e. The van der Waals surface area contributed by atoms with Crippen molar-refractivity contribution in [3.8, 4) is 16.9 Å². The fraction of sp³-hybridized carbons (Fsp3) is 0.200. The first-order valence-electron chi connectivity index (χ1n) is 6.18. The predicted octanol–water partition coefficient (Wildman–Crippen LogP) is 4.19. The van der Waals surface area contributed by atoms with E-state index in [9.17, 15) is 13.2 Å². The summed E-state index contributed by atoms with van der Waals surface area (Å²) in [6.45, 7) is 0.275. The van der Waals surface area contributed by atoms with Gasteiger partial charge in [-0.3, -0.25) is 0 Å². The van der Waals surface area contributed by atoms with Crippen molar-refractivity contribution < 1.29 is 17.9 Å². The second-order valence-electron chi connectivity index (χ2n) is 4.64. The zero-order valence-corrected chi connectivity index (χ0v) is 11.7. The lowest BCUT2D eigenvalue weighted by Crippen LogP contribution is -2.22. The molecule has 1 atom stereocenters. The van der Waals surface area contributed by atoms with Crippen molar-refractivity contribution in [3.63, 3.8) is 0 Å². The first-order valence-corrected chi connectivity index (χ1v) is 6.18. The zero-order valence-electron chi connectivity index (χ0n) is 10.9. The Bertz CT molecular complexity index is 658. The first kappa shape index (κ1) is 15.7. The van der Waals surface area contributed by atoms with E-state index in [0.29, 0.717) is 11.3 Å². The van der Waals surface area contributed by atoms with Crippen LogP contribution in [0.5, 0.6) is 5.75 Å². The monoisotopic (exact) mass is 315 g/mol. The maximum atomic E-state index is 12.8. The van der Waals surface area contributed by atoms with Gasteiger partial charge in [-0.05, 0) is 23.8 Å². The third-order valence-electron chi connectivity index (χ3n) is 3.39. The molecule has 0 aliphatic carbocycles. The molecule has 2 aromatic rings. The van der Waals surface area contributed by atoms with Gasteiger partial charge in [0.05, 0.1) is 5.56 Å². The van der Waals surface area contributed by atoms with E-state index in [2.05, 4.69) is 0 Å². The number of hydrogen-bond donors (Lipinski definition) is 1. The Labute approximate surface area is 126 Å². The zero-order chi connectivity index (χ0) is 14.3. The van der Waals surface area contributed by atoms with Gasteiger partial charge in [0.25, 0.3) is 0 Å². The van der Waals surface area contributed by atoms with Crippen LogP contribution in [0.3, 0.4) is 0 Å². The molecule has 2 aromatic carbocycles. The standard InChI is InChI=1S/C15H12F3NO.ClH/c16-15(17,18)9-5-6-13-12(7-9)10-3-1-2-4-11(10)14(8-19)20-13;/h1-7,14H,8,19H2;1H. The number of benzene rings is 2. The van der Waals surface area contributed by atoms with Gasteiger partial charge in [-0.1, -0.05) is 24.3 Å². The Balaban J connectivity index is 0.00000161. The van der Waals surface area contributed by atoms with Crippen LogP contribution >= 0.6 is 12.4 Å². The lowest BCUT2D eigenvalue weighted by molar-refractivity contribution is -0.137. The second-order valence-corrected chi connectivity index (χ2v) is 4.64. The lowest BCUT2D eigenvalue weighted by Gasteiger charge is -2.28. The molecule has 1 heterocycles. The molecule has 0 saturated carbocycles. The highest BCUT2D eigenvalue weighted by atomic mass is 35.5. The van der Waals surface area contributed by atoms with Crippen LogP contribution in [0.1, 0.15) is 17.2 Å². The van der Waals surface area contributed by atoms with Crippen molar-refractivity contribution >= 4 is 12.4 Å². The van der Waals surface area contributed by atoms with Crippen LogP contribution in [-0.2, 0) is 6.18 Å². The Morgan fingerprint density at radius 2 is 1.76 bits per heavy atom. The van der Waals surface area contributed by atoms with Crippen LogP contribution in [0.25, 0.3) is 11.1 Å². The van der Waals surface area contributed by atoms with E-state index in [-0.39, 0.29) is 25.1 Å². The van der Waals surface area contributed by atoms with Crippen LogP contribution in [0, 0.1) is 0 Å². The Kier molecular flexibility index (Phi) is 4.16. The normalized spacial score (nSPS) is 16.3. The molecule has 2 nitrogen and oxygen atoms in total. The maximum absolute atomic E-state index is 12.8. The summed E-state index contributed by atoms with van der Waals surface area (Å²) in [6.07, 6.45) is -4.69. The number of ether oxygens (including phenoxy) is 1. The third kappa shape index (κ3) is 2.71. The average molecular weight is 316 g/mol. The van der Waals surface area contributed by atoms with E-state index in [1.165, 1.54) is 6.07 Å². The van der Waals surface area contributed by atoms with Gasteiger partial charge in [-0.15, -0.1) is 12.4 Å². The van der Waals surface area contributed by atoms with Crippen molar-refractivity contribution in [1.82, 2.24) is 0 Å². The van der Waals surface area contributed by atoms with Crippen molar-refractivity contribution in [2.24, 2.45) is 5.73 Å². The number of hydrogen-bond acceptors (Lipinski definition) is 2. The molecule has 2 N–H and O–H groups in total. The largest absolute Gasteiger partial charge is 0.484 e. The van der Waals surface area contributed by atoms with E-state index in [0.717, 1.165) is 23.3 Å². The molecule has 0 aromatic heterocycles. The lowest BCUT2D eigenvalue weighted by atomic mass is 9.91. The van der Waals surface area contributed by atoms with Crippen molar-refractivity contribution in [1.29, 1.82) is 0 Å². The van der Waals surface area contributed by atoms with Crippen LogP contribution < -0.4 is 10.5 Å². The van der Waals surface area contributed by atoms with Crippen LogP contribution in [0.4, 0.5) is 13.2 Å². The fourth-order valence-corrected chi connectivity index (χ4v) is 2.43. The molecule has 0 amide bonds. The number of nitrogens with two attached hydrogens (primary N) is 1. The molecule has 0 saturated heterocycles. The number of halogens is 4. The molecule has 3 rings (SSSR count). The molecule has 6 heteroatoms. The highest BCUT2D eigenvalue weighted by Gasteiger charge is 2.33. The predicted molar refractivity (Wildman–Crippen MR) is 76.6 cm³/mol.